The van der Waals surface area contributed by atoms with Crippen LogP contribution in [0.3, 0.4) is 0 Å². The molecule has 0 atom stereocenters. The van der Waals surface area contributed by atoms with Crippen LogP contribution in [0.1, 0.15) is 17.3 Å². The van der Waals surface area contributed by atoms with Gasteiger partial charge in [0.15, 0.2) is 5.78 Å². The first-order chi connectivity index (χ1) is 9.51. The molecule has 0 radical (unpaired) electrons. The molecular formula is C15H15FN2O2. The summed E-state index contributed by atoms with van der Waals surface area (Å²) in [7, 11) is 1.46. The van der Waals surface area contributed by atoms with Gasteiger partial charge < -0.3 is 15.8 Å². The first-order valence-electron chi connectivity index (χ1n) is 6.02. The Bertz CT molecular complexity index is 656. The van der Waals surface area contributed by atoms with Gasteiger partial charge in [0.1, 0.15) is 11.6 Å². The Morgan fingerprint density at radius 1 is 1.25 bits per heavy atom. The lowest BCUT2D eigenvalue weighted by Gasteiger charge is -2.12. The van der Waals surface area contributed by atoms with E-state index in [1.165, 1.54) is 26.2 Å². The molecule has 0 saturated carbocycles. The molecule has 2 rings (SSSR count). The maximum absolute atomic E-state index is 13.1. The van der Waals surface area contributed by atoms with Crippen molar-refractivity contribution >= 4 is 22.8 Å². The number of ether oxygens (including phenoxy) is 1. The Balaban J connectivity index is 2.35. The SMILES string of the molecule is COc1cc(F)ccc1Nc1ccc(N)c(C(C)=O)c1. The summed E-state index contributed by atoms with van der Waals surface area (Å²) in [4.78, 5) is 11.5. The Morgan fingerprint density at radius 2 is 2.00 bits per heavy atom. The van der Waals surface area contributed by atoms with Crippen LogP contribution < -0.4 is 15.8 Å². The van der Waals surface area contributed by atoms with E-state index in [2.05, 4.69) is 5.32 Å². The molecule has 3 N–H and O–H groups in total. The number of halogens is 1. The molecular weight excluding hydrogens is 259 g/mol. The lowest BCUT2D eigenvalue weighted by Crippen LogP contribution is -2.01. The van der Waals surface area contributed by atoms with Crippen molar-refractivity contribution in [3.63, 3.8) is 0 Å². The van der Waals surface area contributed by atoms with E-state index in [0.29, 0.717) is 28.4 Å². The van der Waals surface area contributed by atoms with Crippen LogP contribution >= 0.6 is 0 Å². The largest absolute Gasteiger partial charge is 0.494 e. The van der Waals surface area contributed by atoms with Crippen LogP contribution in [0.25, 0.3) is 0 Å². The van der Waals surface area contributed by atoms with Gasteiger partial charge in [-0.2, -0.15) is 0 Å². The van der Waals surface area contributed by atoms with Crippen LogP contribution in [-0.2, 0) is 0 Å². The first-order valence-corrected chi connectivity index (χ1v) is 6.02. The zero-order chi connectivity index (χ0) is 14.7. The van der Waals surface area contributed by atoms with Gasteiger partial charge in [0.25, 0.3) is 0 Å². The fourth-order valence-corrected chi connectivity index (χ4v) is 1.86. The van der Waals surface area contributed by atoms with Crippen LogP contribution in [0.5, 0.6) is 5.75 Å². The predicted octanol–water partition coefficient (Wildman–Crippen LogP) is 3.36. The van der Waals surface area contributed by atoms with Gasteiger partial charge in [-0.15, -0.1) is 0 Å². The van der Waals surface area contributed by atoms with Gasteiger partial charge >= 0.3 is 0 Å². The third kappa shape index (κ3) is 2.88. The number of methoxy groups -OCH3 is 1. The van der Waals surface area contributed by atoms with E-state index in [-0.39, 0.29) is 11.6 Å². The molecule has 0 amide bonds. The highest BCUT2D eigenvalue weighted by atomic mass is 19.1. The van der Waals surface area contributed by atoms with Crippen LogP contribution in [0.15, 0.2) is 36.4 Å². The molecule has 0 unspecified atom stereocenters. The molecule has 0 aliphatic heterocycles. The minimum absolute atomic E-state index is 0.114. The van der Waals surface area contributed by atoms with Crippen molar-refractivity contribution in [2.75, 3.05) is 18.2 Å². The summed E-state index contributed by atoms with van der Waals surface area (Å²) < 4.78 is 18.2. The smallest absolute Gasteiger partial charge is 0.161 e. The van der Waals surface area contributed by atoms with Gasteiger partial charge in [-0.05, 0) is 37.3 Å². The number of ketones is 1. The van der Waals surface area contributed by atoms with Crippen molar-refractivity contribution < 1.29 is 13.9 Å². The monoisotopic (exact) mass is 274 g/mol. The number of nitrogens with one attached hydrogen (secondary N) is 1. The molecule has 0 heterocycles. The number of rotatable bonds is 4. The van der Waals surface area contributed by atoms with Gasteiger partial charge in [-0.1, -0.05) is 0 Å². The lowest BCUT2D eigenvalue weighted by molar-refractivity contribution is 0.101. The van der Waals surface area contributed by atoms with Crippen molar-refractivity contribution in [1.82, 2.24) is 0 Å². The summed E-state index contributed by atoms with van der Waals surface area (Å²) in [6.45, 7) is 1.45. The number of anilines is 3. The quantitative estimate of drug-likeness (QED) is 0.662. The molecule has 0 bridgehead atoms. The fourth-order valence-electron chi connectivity index (χ4n) is 1.86. The molecule has 0 aromatic heterocycles. The maximum atomic E-state index is 13.1. The van der Waals surface area contributed by atoms with Gasteiger partial charge in [0.05, 0.1) is 12.8 Å². The second-order valence-corrected chi connectivity index (χ2v) is 4.33. The highest BCUT2D eigenvalue weighted by molar-refractivity contribution is 6.00. The maximum Gasteiger partial charge on any atom is 0.161 e. The number of nitrogens with two attached hydrogens (primary N) is 1. The highest BCUT2D eigenvalue weighted by Gasteiger charge is 2.08. The molecule has 0 aliphatic carbocycles. The number of hydrogen-bond acceptors (Lipinski definition) is 4. The van der Waals surface area contributed by atoms with E-state index in [1.807, 2.05) is 0 Å². The Morgan fingerprint density at radius 3 is 2.65 bits per heavy atom. The second-order valence-electron chi connectivity index (χ2n) is 4.33. The van der Waals surface area contributed by atoms with Gasteiger partial charge in [0, 0.05) is 23.0 Å². The van der Waals surface area contributed by atoms with Crippen LogP contribution in [-0.4, -0.2) is 12.9 Å². The number of Topliss-reactive ketones (excluding diaryl/α,β-unsaturated/α-hetero) is 1. The van der Waals surface area contributed by atoms with E-state index in [0.717, 1.165) is 0 Å². The van der Waals surface area contributed by atoms with Gasteiger partial charge in [-0.25, -0.2) is 4.39 Å². The molecule has 104 valence electrons. The first kappa shape index (κ1) is 13.9. The molecule has 2 aromatic rings. The summed E-state index contributed by atoms with van der Waals surface area (Å²) in [5, 5.41) is 3.07. The molecule has 4 nitrogen and oxygen atoms in total. The number of benzene rings is 2. The summed E-state index contributed by atoms with van der Waals surface area (Å²) in [6.07, 6.45) is 0. The minimum atomic E-state index is -0.380. The zero-order valence-corrected chi connectivity index (χ0v) is 11.2. The van der Waals surface area contributed by atoms with Crippen molar-refractivity contribution in [1.29, 1.82) is 0 Å². The average Bonchev–Trinajstić information content (AvgIpc) is 2.42. The third-order valence-corrected chi connectivity index (χ3v) is 2.88. The van der Waals surface area contributed by atoms with Crippen LogP contribution in [0, 0.1) is 5.82 Å². The Kier molecular flexibility index (Phi) is 3.89. The summed E-state index contributed by atoms with van der Waals surface area (Å²) >= 11 is 0. The van der Waals surface area contributed by atoms with Crippen LogP contribution in [0.2, 0.25) is 0 Å². The van der Waals surface area contributed by atoms with Crippen molar-refractivity contribution in [2.45, 2.75) is 6.92 Å². The zero-order valence-electron chi connectivity index (χ0n) is 11.2. The number of nitrogen functional groups attached to an aromatic ring is 1. The standard InChI is InChI=1S/C15H15FN2O2/c1-9(19)12-8-11(4-5-13(12)17)18-14-6-3-10(16)7-15(14)20-2/h3-8,18H,17H2,1-2H3. The Labute approximate surface area is 116 Å². The minimum Gasteiger partial charge on any atom is -0.494 e. The number of hydrogen-bond donors (Lipinski definition) is 2. The molecule has 0 spiro atoms. The highest BCUT2D eigenvalue weighted by Crippen LogP contribution is 2.29. The normalized spacial score (nSPS) is 10.2. The third-order valence-electron chi connectivity index (χ3n) is 2.88. The summed E-state index contributed by atoms with van der Waals surface area (Å²) in [5.74, 6) is -0.113. The molecule has 5 heteroatoms. The summed E-state index contributed by atoms with van der Waals surface area (Å²) in [5.41, 5.74) is 7.88. The second kappa shape index (κ2) is 5.61. The van der Waals surface area contributed by atoms with Crippen molar-refractivity contribution in [2.24, 2.45) is 0 Å². The number of carbonyl (C=O) groups excluding carboxylic acids is 1. The van der Waals surface area contributed by atoms with Crippen molar-refractivity contribution in [3.8, 4) is 5.75 Å². The van der Waals surface area contributed by atoms with Gasteiger partial charge in [0.2, 0.25) is 0 Å². The summed E-state index contributed by atoms with van der Waals surface area (Å²) in [6, 6.07) is 9.22. The molecule has 0 aliphatic rings. The van der Waals surface area contributed by atoms with E-state index >= 15 is 0 Å². The molecule has 0 fully saturated rings. The van der Waals surface area contributed by atoms with E-state index < -0.39 is 0 Å². The van der Waals surface area contributed by atoms with Gasteiger partial charge in [-0.3, -0.25) is 4.79 Å². The topological polar surface area (TPSA) is 64.3 Å². The molecule has 0 saturated heterocycles. The van der Waals surface area contributed by atoms with Crippen LogP contribution in [0.4, 0.5) is 21.5 Å². The average molecular weight is 274 g/mol. The van der Waals surface area contributed by atoms with E-state index in [1.54, 1.807) is 24.3 Å². The molecule has 2 aromatic carbocycles. The number of carbonyl (C=O) groups is 1. The molecule has 20 heavy (non-hydrogen) atoms. The predicted molar refractivity (Wildman–Crippen MR) is 77.1 cm³/mol. The Hall–Kier alpha value is -2.56. The van der Waals surface area contributed by atoms with E-state index in [9.17, 15) is 9.18 Å². The fraction of sp³-hybridized carbons (Fsp3) is 0.133. The van der Waals surface area contributed by atoms with E-state index in [4.69, 9.17) is 10.5 Å². The van der Waals surface area contributed by atoms with Crippen molar-refractivity contribution in [3.05, 3.63) is 47.8 Å². The lowest BCUT2D eigenvalue weighted by atomic mass is 10.1.